The molecule has 1 amide bonds. The number of nitrogens with one attached hydrogen (secondary N) is 1. The third kappa shape index (κ3) is 8.86. The fourth-order valence-electron chi connectivity index (χ4n) is 3.23. The molecule has 0 atom stereocenters. The Balaban J connectivity index is 0.00000265. The van der Waals surface area contributed by atoms with E-state index < -0.39 is 7.82 Å². The minimum Gasteiger partial charge on any atom is -0.356 e. The smallest absolute Gasteiger partial charge is 0.356 e. The van der Waals surface area contributed by atoms with Crippen LogP contribution in [-0.2, 0) is 29.4 Å². The van der Waals surface area contributed by atoms with Gasteiger partial charge in [-0.15, -0.1) is 0 Å². The van der Waals surface area contributed by atoms with Crippen LogP contribution in [0.3, 0.4) is 0 Å². The highest BCUT2D eigenvalue weighted by atomic mass is 31.2. The zero-order valence-electron chi connectivity index (χ0n) is 20.6. The van der Waals surface area contributed by atoms with Crippen molar-refractivity contribution >= 4 is 25.9 Å². The largest absolute Gasteiger partial charge is 0.474 e. The highest BCUT2D eigenvalue weighted by Gasteiger charge is 2.21. The molecule has 182 valence electrons. The van der Waals surface area contributed by atoms with Gasteiger partial charge in [0.2, 0.25) is 5.91 Å². The van der Waals surface area contributed by atoms with Crippen molar-refractivity contribution in [2.45, 2.75) is 47.0 Å². The maximum atomic E-state index is 12.6. The number of pyridine rings is 1. The summed E-state index contributed by atoms with van der Waals surface area (Å²) in [4.78, 5) is 17.1. The van der Waals surface area contributed by atoms with Crippen LogP contribution in [0.4, 0.5) is 0 Å². The van der Waals surface area contributed by atoms with Crippen LogP contribution in [0.25, 0.3) is 23.3 Å². The van der Waals surface area contributed by atoms with E-state index in [4.69, 9.17) is 13.6 Å². The van der Waals surface area contributed by atoms with E-state index in [1.54, 1.807) is 6.20 Å². The summed E-state index contributed by atoms with van der Waals surface area (Å²) in [5, 5.41) is 4.85. The average Bonchev–Trinajstić information content (AvgIpc) is 2.87. The first kappa shape index (κ1) is 28.7. The zero-order valence-corrected chi connectivity index (χ0v) is 21.5. The Morgan fingerprint density at radius 3 is 2.30 bits per heavy atom. The number of rotatable bonds is 11. The van der Waals surface area contributed by atoms with Gasteiger partial charge in [0.25, 0.3) is 0 Å². The lowest BCUT2D eigenvalue weighted by atomic mass is 9.96. The lowest BCUT2D eigenvalue weighted by Crippen LogP contribution is -2.33. The second-order valence-electron chi connectivity index (χ2n) is 6.78. The van der Waals surface area contributed by atoms with E-state index >= 15 is 0 Å². The van der Waals surface area contributed by atoms with E-state index in [9.17, 15) is 9.36 Å². The predicted molar refractivity (Wildman–Crippen MR) is 134 cm³/mol. The first-order valence-electron chi connectivity index (χ1n) is 11.3. The Labute approximate surface area is 197 Å². The quantitative estimate of drug-likeness (QED) is 0.386. The lowest BCUT2D eigenvalue weighted by molar-refractivity contribution is -0.120. The molecule has 8 heteroatoms. The fraction of sp³-hybridized carbons (Fsp3) is 0.440. The van der Waals surface area contributed by atoms with Gasteiger partial charge in [0, 0.05) is 32.2 Å². The molecule has 0 saturated heterocycles. The number of aromatic nitrogens is 1. The number of carbonyl (C=O) groups is 1. The zero-order chi connectivity index (χ0) is 24.7. The first-order chi connectivity index (χ1) is 16.0. The van der Waals surface area contributed by atoms with Gasteiger partial charge in [-0.2, -0.15) is 0 Å². The molecular formula is C25H37N2O5P. The van der Waals surface area contributed by atoms with Crippen molar-refractivity contribution in [1.29, 1.82) is 0 Å². The number of phosphoric ester groups is 1. The third-order valence-corrected chi connectivity index (χ3v) is 6.18. The van der Waals surface area contributed by atoms with E-state index in [2.05, 4.69) is 10.3 Å². The van der Waals surface area contributed by atoms with Crippen molar-refractivity contribution < 1.29 is 22.9 Å². The lowest BCUT2D eigenvalue weighted by Gasteiger charge is -2.13. The van der Waals surface area contributed by atoms with Gasteiger partial charge in [0.15, 0.2) is 0 Å². The molecule has 0 saturated carbocycles. The Kier molecular flexibility index (Phi) is 13.5. The molecule has 0 fully saturated rings. The van der Waals surface area contributed by atoms with Crippen molar-refractivity contribution in [1.82, 2.24) is 10.3 Å². The van der Waals surface area contributed by atoms with Crippen molar-refractivity contribution in [3.05, 3.63) is 52.7 Å². The molecule has 33 heavy (non-hydrogen) atoms. The molecule has 7 nitrogen and oxygen atoms in total. The van der Waals surface area contributed by atoms with Gasteiger partial charge in [-0.1, -0.05) is 56.3 Å². The van der Waals surface area contributed by atoms with Gasteiger partial charge in [-0.3, -0.25) is 23.3 Å². The van der Waals surface area contributed by atoms with Gasteiger partial charge in [0.05, 0.1) is 18.4 Å². The number of hydrogen-bond donors (Lipinski definition) is 1. The molecule has 0 radical (unpaired) electrons. The summed E-state index contributed by atoms with van der Waals surface area (Å²) >= 11 is 0. The number of unbranched alkanes of at least 4 members (excludes halogenated alkanes) is 1. The summed E-state index contributed by atoms with van der Waals surface area (Å²) in [6, 6.07) is 10.0. The van der Waals surface area contributed by atoms with Crippen molar-refractivity contribution in [2.75, 3.05) is 27.4 Å². The van der Waals surface area contributed by atoms with Crippen molar-refractivity contribution in [2.24, 2.45) is 0 Å². The summed E-state index contributed by atoms with van der Waals surface area (Å²) < 4.78 is 26.3. The van der Waals surface area contributed by atoms with Crippen LogP contribution in [-0.4, -0.2) is 38.3 Å². The molecule has 0 aliphatic heterocycles. The summed E-state index contributed by atoms with van der Waals surface area (Å²) in [6.07, 6.45) is 7.32. The second-order valence-corrected chi connectivity index (χ2v) is 8.66. The van der Waals surface area contributed by atoms with Crippen LogP contribution in [0.15, 0.2) is 36.5 Å². The van der Waals surface area contributed by atoms with Crippen LogP contribution in [0, 0.1) is 0 Å². The number of phosphoric acid groups is 1. The molecular weight excluding hydrogens is 439 g/mol. The molecule has 0 unspecified atom stereocenters. The number of benzene rings is 1. The van der Waals surface area contributed by atoms with Gasteiger partial charge in [0.1, 0.15) is 0 Å². The van der Waals surface area contributed by atoms with Crippen LogP contribution in [0.1, 0.15) is 46.1 Å². The van der Waals surface area contributed by atoms with Crippen LogP contribution in [0.5, 0.6) is 0 Å². The Hall–Kier alpha value is -2.31. The highest BCUT2D eigenvalue weighted by Crippen LogP contribution is 2.47. The monoisotopic (exact) mass is 476 g/mol. The van der Waals surface area contributed by atoms with E-state index in [0.717, 1.165) is 27.3 Å². The molecule has 1 aromatic carbocycles. The predicted octanol–water partition coefficient (Wildman–Crippen LogP) is 4.23. The van der Waals surface area contributed by atoms with Crippen LogP contribution < -0.4 is 15.9 Å². The van der Waals surface area contributed by atoms with E-state index in [1.165, 1.54) is 14.2 Å². The van der Waals surface area contributed by atoms with Crippen LogP contribution in [0.2, 0.25) is 0 Å². The molecule has 2 rings (SSSR count). The highest BCUT2D eigenvalue weighted by molar-refractivity contribution is 7.48. The van der Waals surface area contributed by atoms with Gasteiger partial charge >= 0.3 is 7.82 Å². The molecule has 0 spiro atoms. The average molecular weight is 477 g/mol. The number of carbonyl (C=O) groups excluding carboxylic acids is 1. The minimum atomic E-state index is -3.44. The molecule has 0 bridgehead atoms. The van der Waals surface area contributed by atoms with E-state index in [0.29, 0.717) is 19.4 Å². The van der Waals surface area contributed by atoms with Crippen molar-refractivity contribution in [3.63, 3.8) is 0 Å². The third-order valence-electron chi connectivity index (χ3n) is 4.79. The topological polar surface area (TPSA) is 86.8 Å². The van der Waals surface area contributed by atoms with E-state index in [-0.39, 0.29) is 18.9 Å². The summed E-state index contributed by atoms with van der Waals surface area (Å²) in [6.45, 7) is 8.66. The number of amides is 1. The van der Waals surface area contributed by atoms with E-state index in [1.807, 2.05) is 70.2 Å². The van der Waals surface area contributed by atoms with Crippen molar-refractivity contribution in [3.8, 4) is 11.1 Å². The van der Waals surface area contributed by atoms with Gasteiger partial charge in [-0.25, -0.2) is 4.57 Å². The SMILES string of the molecule is C/C=c1/c(-c2ccccc2)c(CC(=O)NCCCCOP(=O)(OC)OC)cn/c1=C/C.CC. The fourth-order valence-corrected chi connectivity index (χ4v) is 3.94. The summed E-state index contributed by atoms with van der Waals surface area (Å²) in [5.74, 6) is -0.0744. The van der Waals surface area contributed by atoms with Gasteiger partial charge < -0.3 is 5.32 Å². The molecule has 1 N–H and O–H groups in total. The Bertz CT molecular complexity index is 1020. The Morgan fingerprint density at radius 1 is 1.06 bits per heavy atom. The van der Waals surface area contributed by atoms with Gasteiger partial charge in [-0.05, 0) is 43.4 Å². The summed E-state index contributed by atoms with van der Waals surface area (Å²) in [5.41, 5.74) is 2.97. The normalized spacial score (nSPS) is 12.3. The molecule has 0 aliphatic rings. The maximum Gasteiger partial charge on any atom is 0.474 e. The maximum absolute atomic E-state index is 12.6. The molecule has 0 aliphatic carbocycles. The second kappa shape index (κ2) is 15.5. The number of nitrogens with zero attached hydrogens (tertiary/aromatic N) is 1. The standard InChI is InChI=1S/C23H31N2O5P.C2H6/c1-5-20-21(6-2)25-17-19(23(20)18-12-8-7-9-13-18)16-22(26)24-14-10-11-15-30-31(27,28-3)29-4;1-2/h5-9,12-13,17H,10-11,14-16H2,1-4H3,(H,24,26);1-2H3/b20-5+,21-6+;. The molecule has 2 aromatic rings. The van der Waals surface area contributed by atoms with Crippen LogP contribution >= 0.6 is 7.82 Å². The first-order valence-corrected chi connectivity index (χ1v) is 12.7. The Morgan fingerprint density at radius 2 is 1.73 bits per heavy atom. The molecule has 1 heterocycles. The summed E-state index contributed by atoms with van der Waals surface area (Å²) in [7, 11) is -0.897. The molecule has 1 aromatic heterocycles. The minimum absolute atomic E-state index is 0.0744. The number of hydrogen-bond acceptors (Lipinski definition) is 6.